The summed E-state index contributed by atoms with van der Waals surface area (Å²) in [4.78, 5) is 11.1. The number of hydrogen-bond acceptors (Lipinski definition) is 6. The maximum Gasteiger partial charge on any atom is 0.163 e. The second-order valence-electron chi connectivity index (χ2n) is 4.93. The van der Waals surface area contributed by atoms with Crippen molar-refractivity contribution in [1.29, 1.82) is 0 Å². The summed E-state index contributed by atoms with van der Waals surface area (Å²) in [6.07, 6.45) is 3.45. The first kappa shape index (κ1) is 13.3. The summed E-state index contributed by atoms with van der Waals surface area (Å²) in [5, 5.41) is 8.66. The summed E-state index contributed by atoms with van der Waals surface area (Å²) >= 11 is 0. The Morgan fingerprint density at radius 2 is 2.35 bits per heavy atom. The summed E-state index contributed by atoms with van der Waals surface area (Å²) in [7, 11) is 1.90. The minimum atomic E-state index is 0.294. The fourth-order valence-corrected chi connectivity index (χ4v) is 2.59. The molecule has 0 radical (unpaired) electrons. The highest BCUT2D eigenvalue weighted by Crippen LogP contribution is 2.25. The number of aromatic nitrogens is 4. The maximum absolute atomic E-state index is 5.60. The van der Waals surface area contributed by atoms with Crippen LogP contribution in [0, 0.1) is 0 Å². The molecule has 0 aliphatic carbocycles. The number of fused-ring (bicyclic) bond motifs is 1. The molecule has 2 aromatic heterocycles. The smallest absolute Gasteiger partial charge is 0.163 e. The average molecular weight is 276 g/mol. The highest BCUT2D eigenvalue weighted by atomic mass is 16.5. The Bertz CT molecular complexity index is 583. The Kier molecular flexibility index (Phi) is 3.79. The fraction of sp³-hybridized carbons (Fsp3) is 0.615. The van der Waals surface area contributed by atoms with Crippen molar-refractivity contribution in [2.75, 3.05) is 37.7 Å². The number of morpholine rings is 1. The van der Waals surface area contributed by atoms with Crippen molar-refractivity contribution in [2.45, 2.75) is 13.0 Å². The highest BCUT2D eigenvalue weighted by molar-refractivity contribution is 5.86. The van der Waals surface area contributed by atoms with E-state index in [1.54, 1.807) is 11.0 Å². The van der Waals surface area contributed by atoms with Gasteiger partial charge < -0.3 is 15.0 Å². The van der Waals surface area contributed by atoms with Gasteiger partial charge in [0, 0.05) is 20.1 Å². The third-order valence-corrected chi connectivity index (χ3v) is 3.64. The van der Waals surface area contributed by atoms with E-state index in [2.05, 4.69) is 32.2 Å². The SMILES string of the molecule is CCNCC1COCCN1c1ncnc2c1cnn2C. The fourth-order valence-electron chi connectivity index (χ4n) is 2.59. The number of anilines is 1. The van der Waals surface area contributed by atoms with Crippen LogP contribution < -0.4 is 10.2 Å². The molecule has 7 nitrogen and oxygen atoms in total. The summed E-state index contributed by atoms with van der Waals surface area (Å²) < 4.78 is 7.38. The molecule has 1 fully saturated rings. The molecule has 1 N–H and O–H groups in total. The maximum atomic E-state index is 5.60. The number of ether oxygens (including phenoxy) is 1. The largest absolute Gasteiger partial charge is 0.377 e. The van der Waals surface area contributed by atoms with Crippen LogP contribution in [0.1, 0.15) is 6.92 Å². The predicted octanol–water partition coefficient (Wildman–Crippen LogP) is 0.178. The lowest BCUT2D eigenvalue weighted by Gasteiger charge is -2.36. The van der Waals surface area contributed by atoms with Gasteiger partial charge in [-0.1, -0.05) is 6.92 Å². The zero-order valence-electron chi connectivity index (χ0n) is 11.9. The van der Waals surface area contributed by atoms with Crippen molar-refractivity contribution in [3.8, 4) is 0 Å². The Hall–Kier alpha value is -1.73. The van der Waals surface area contributed by atoms with Crippen molar-refractivity contribution in [3.63, 3.8) is 0 Å². The van der Waals surface area contributed by atoms with Gasteiger partial charge in [-0.05, 0) is 6.54 Å². The van der Waals surface area contributed by atoms with Crippen molar-refractivity contribution in [2.24, 2.45) is 7.05 Å². The predicted molar refractivity (Wildman–Crippen MR) is 76.8 cm³/mol. The van der Waals surface area contributed by atoms with Gasteiger partial charge in [0.25, 0.3) is 0 Å². The third kappa shape index (κ3) is 2.34. The lowest BCUT2D eigenvalue weighted by molar-refractivity contribution is 0.0936. The first-order chi connectivity index (χ1) is 9.81. The van der Waals surface area contributed by atoms with Crippen LogP contribution in [0.3, 0.4) is 0 Å². The molecule has 3 heterocycles. The second kappa shape index (κ2) is 5.72. The quantitative estimate of drug-likeness (QED) is 0.859. The molecular formula is C13H20N6O. The van der Waals surface area contributed by atoms with Crippen molar-refractivity contribution >= 4 is 16.9 Å². The number of nitrogens with zero attached hydrogens (tertiary/aromatic N) is 5. The van der Waals surface area contributed by atoms with E-state index in [-0.39, 0.29) is 0 Å². The zero-order chi connectivity index (χ0) is 13.9. The highest BCUT2D eigenvalue weighted by Gasteiger charge is 2.26. The Labute approximate surface area is 117 Å². The van der Waals surface area contributed by atoms with E-state index in [9.17, 15) is 0 Å². The average Bonchev–Trinajstić information content (AvgIpc) is 2.87. The normalized spacial score (nSPS) is 19.7. The molecule has 108 valence electrons. The summed E-state index contributed by atoms with van der Waals surface area (Å²) in [6, 6.07) is 0.294. The Morgan fingerprint density at radius 1 is 1.45 bits per heavy atom. The van der Waals surface area contributed by atoms with Crippen LogP contribution in [0.15, 0.2) is 12.5 Å². The standard InChI is InChI=1S/C13H20N6O/c1-3-14-6-10-8-20-5-4-19(10)13-11-7-17-18(2)12(11)15-9-16-13/h7,9-10,14H,3-6,8H2,1-2H3. The lowest BCUT2D eigenvalue weighted by atomic mass is 10.2. The van der Waals surface area contributed by atoms with Gasteiger partial charge in [-0.15, -0.1) is 0 Å². The molecule has 1 aliphatic heterocycles. The van der Waals surface area contributed by atoms with Crippen molar-refractivity contribution in [3.05, 3.63) is 12.5 Å². The van der Waals surface area contributed by atoms with Crippen LogP contribution in [0.4, 0.5) is 5.82 Å². The van der Waals surface area contributed by atoms with Crippen LogP contribution >= 0.6 is 0 Å². The minimum absolute atomic E-state index is 0.294. The second-order valence-corrected chi connectivity index (χ2v) is 4.93. The number of aryl methyl sites for hydroxylation is 1. The molecule has 1 saturated heterocycles. The van der Waals surface area contributed by atoms with E-state index >= 15 is 0 Å². The van der Waals surface area contributed by atoms with E-state index in [1.807, 2.05) is 13.2 Å². The van der Waals surface area contributed by atoms with Crippen LogP contribution in [0.2, 0.25) is 0 Å². The van der Waals surface area contributed by atoms with Crippen LogP contribution in [-0.2, 0) is 11.8 Å². The van der Waals surface area contributed by atoms with Gasteiger partial charge in [0.05, 0.1) is 30.8 Å². The molecule has 20 heavy (non-hydrogen) atoms. The zero-order valence-corrected chi connectivity index (χ0v) is 11.9. The summed E-state index contributed by atoms with van der Waals surface area (Å²) in [5.74, 6) is 0.953. The van der Waals surface area contributed by atoms with Gasteiger partial charge in [-0.25, -0.2) is 9.97 Å². The van der Waals surface area contributed by atoms with Gasteiger partial charge >= 0.3 is 0 Å². The third-order valence-electron chi connectivity index (χ3n) is 3.64. The van der Waals surface area contributed by atoms with E-state index in [0.717, 1.165) is 49.7 Å². The molecule has 0 saturated carbocycles. The monoisotopic (exact) mass is 276 g/mol. The molecule has 0 spiro atoms. The molecule has 7 heteroatoms. The Balaban J connectivity index is 1.95. The Morgan fingerprint density at radius 3 is 3.20 bits per heavy atom. The molecular weight excluding hydrogens is 256 g/mol. The van der Waals surface area contributed by atoms with Crippen LogP contribution in [0.5, 0.6) is 0 Å². The molecule has 1 aliphatic rings. The first-order valence-electron chi connectivity index (χ1n) is 6.99. The minimum Gasteiger partial charge on any atom is -0.377 e. The molecule has 0 aromatic carbocycles. The van der Waals surface area contributed by atoms with E-state index in [4.69, 9.17) is 4.74 Å². The van der Waals surface area contributed by atoms with Gasteiger partial charge in [0.15, 0.2) is 5.65 Å². The molecule has 0 bridgehead atoms. The van der Waals surface area contributed by atoms with Crippen molar-refractivity contribution in [1.82, 2.24) is 25.1 Å². The van der Waals surface area contributed by atoms with Crippen molar-refractivity contribution < 1.29 is 4.74 Å². The van der Waals surface area contributed by atoms with Gasteiger partial charge in [-0.2, -0.15) is 5.10 Å². The van der Waals surface area contributed by atoms with Gasteiger partial charge in [0.1, 0.15) is 12.1 Å². The molecule has 3 rings (SSSR count). The molecule has 0 amide bonds. The number of nitrogens with one attached hydrogen (secondary N) is 1. The van der Waals surface area contributed by atoms with Gasteiger partial charge in [-0.3, -0.25) is 4.68 Å². The first-order valence-corrected chi connectivity index (χ1v) is 6.99. The molecule has 1 atom stereocenters. The number of likely N-dealkylation sites (N-methyl/N-ethyl adjacent to an activating group) is 1. The molecule has 2 aromatic rings. The van der Waals surface area contributed by atoms with E-state index < -0.39 is 0 Å². The summed E-state index contributed by atoms with van der Waals surface area (Å²) in [6.45, 7) is 6.25. The lowest BCUT2D eigenvalue weighted by Crippen LogP contribution is -2.51. The van der Waals surface area contributed by atoms with Crippen LogP contribution in [0.25, 0.3) is 11.0 Å². The van der Waals surface area contributed by atoms with E-state index in [1.165, 1.54) is 0 Å². The number of hydrogen-bond donors (Lipinski definition) is 1. The van der Waals surface area contributed by atoms with E-state index in [0.29, 0.717) is 6.04 Å². The summed E-state index contributed by atoms with van der Waals surface area (Å²) in [5.41, 5.74) is 0.865. The van der Waals surface area contributed by atoms with Crippen LogP contribution in [-0.4, -0.2) is 58.6 Å². The molecule has 1 unspecified atom stereocenters. The van der Waals surface area contributed by atoms with Gasteiger partial charge in [0.2, 0.25) is 0 Å². The topological polar surface area (TPSA) is 68.1 Å². The number of rotatable bonds is 4.